The third-order valence-corrected chi connectivity index (χ3v) is 5.84. The molecule has 3 heterocycles. The van der Waals surface area contributed by atoms with Crippen molar-refractivity contribution >= 4 is 40.2 Å². The summed E-state index contributed by atoms with van der Waals surface area (Å²) in [6.45, 7) is 5.17. The molecule has 0 aliphatic carbocycles. The number of hydrogen-bond acceptors (Lipinski definition) is 7. The molecule has 2 aromatic carbocycles. The quantitative estimate of drug-likeness (QED) is 0.509. The van der Waals surface area contributed by atoms with Gasteiger partial charge in [0.15, 0.2) is 17.0 Å². The molecular weight excluding hydrogens is 414 g/mol. The van der Waals surface area contributed by atoms with Gasteiger partial charge in [-0.1, -0.05) is 11.6 Å². The van der Waals surface area contributed by atoms with E-state index in [9.17, 15) is 5.11 Å². The van der Waals surface area contributed by atoms with Gasteiger partial charge in [0.1, 0.15) is 12.1 Å². The van der Waals surface area contributed by atoms with Crippen LogP contribution >= 0.6 is 11.6 Å². The van der Waals surface area contributed by atoms with Crippen molar-refractivity contribution in [2.45, 2.75) is 6.92 Å². The van der Waals surface area contributed by atoms with Crippen molar-refractivity contribution in [3.05, 3.63) is 59.4 Å². The molecule has 0 atom stereocenters. The summed E-state index contributed by atoms with van der Waals surface area (Å²) in [5.74, 6) is 1.24. The molecule has 2 aromatic heterocycles. The average molecular weight is 436 g/mol. The van der Waals surface area contributed by atoms with Crippen LogP contribution in [-0.4, -0.2) is 50.8 Å². The molecule has 0 spiro atoms. The van der Waals surface area contributed by atoms with Crippen LogP contribution in [0.3, 0.4) is 0 Å². The van der Waals surface area contributed by atoms with Gasteiger partial charge in [-0.3, -0.25) is 4.57 Å². The third-order valence-electron chi connectivity index (χ3n) is 5.61. The Labute approximate surface area is 184 Å². The minimum atomic E-state index is 0.270. The maximum absolute atomic E-state index is 9.51. The molecule has 0 bridgehead atoms. The fourth-order valence-corrected chi connectivity index (χ4v) is 4.17. The van der Waals surface area contributed by atoms with Crippen molar-refractivity contribution in [2.24, 2.45) is 0 Å². The fourth-order valence-electron chi connectivity index (χ4n) is 3.94. The number of phenols is 1. The van der Waals surface area contributed by atoms with Crippen molar-refractivity contribution in [1.82, 2.24) is 19.5 Å². The zero-order valence-electron chi connectivity index (χ0n) is 17.0. The number of aromatic hydroxyl groups is 1. The Hall–Kier alpha value is -3.52. The summed E-state index contributed by atoms with van der Waals surface area (Å²) in [6.07, 6.45) is 1.72. The van der Waals surface area contributed by atoms with E-state index in [0.717, 1.165) is 43.1 Å². The van der Waals surface area contributed by atoms with Gasteiger partial charge in [0, 0.05) is 36.9 Å². The fraction of sp³-hybridized carbons (Fsp3) is 0.227. The number of halogens is 1. The summed E-state index contributed by atoms with van der Waals surface area (Å²) in [5.41, 5.74) is 10.6. The number of nitrogens with zero attached hydrogens (tertiary/aromatic N) is 6. The van der Waals surface area contributed by atoms with Gasteiger partial charge in [-0.2, -0.15) is 9.97 Å². The maximum atomic E-state index is 9.51. The van der Waals surface area contributed by atoms with Crippen molar-refractivity contribution in [2.75, 3.05) is 41.7 Å². The topological polar surface area (TPSA) is 96.3 Å². The molecule has 1 aliphatic heterocycles. The molecule has 1 aliphatic rings. The highest BCUT2D eigenvalue weighted by Gasteiger charge is 2.22. The molecule has 31 heavy (non-hydrogen) atoms. The van der Waals surface area contributed by atoms with Crippen molar-refractivity contribution in [3.8, 4) is 11.4 Å². The highest BCUT2D eigenvalue weighted by molar-refractivity contribution is 6.30. The van der Waals surface area contributed by atoms with E-state index in [0.29, 0.717) is 28.0 Å². The van der Waals surface area contributed by atoms with E-state index >= 15 is 0 Å². The maximum Gasteiger partial charge on any atom is 0.229 e. The molecule has 0 saturated carbocycles. The standard InChI is InChI=1S/C22H22ClN7O/c1-14-12-15(23)2-7-18(14)30-13-25-19-20(24)26-22(27-21(19)30)29-10-8-28(9-11-29)16-3-5-17(31)6-4-16/h2-7,12-13,31H,8-11H2,1H3,(H2,24,26,27). The Morgan fingerprint density at radius 3 is 2.39 bits per heavy atom. The minimum Gasteiger partial charge on any atom is -0.508 e. The van der Waals surface area contributed by atoms with Gasteiger partial charge in [0.05, 0.1) is 5.69 Å². The van der Waals surface area contributed by atoms with E-state index in [4.69, 9.17) is 22.3 Å². The molecule has 158 valence electrons. The number of nitrogen functional groups attached to an aromatic ring is 1. The Morgan fingerprint density at radius 2 is 1.68 bits per heavy atom. The monoisotopic (exact) mass is 435 g/mol. The summed E-state index contributed by atoms with van der Waals surface area (Å²) in [6, 6.07) is 13.0. The lowest BCUT2D eigenvalue weighted by molar-refractivity contribution is 0.475. The number of phenolic OH excluding ortho intramolecular Hbond substituents is 1. The van der Waals surface area contributed by atoms with Gasteiger partial charge in [0.2, 0.25) is 5.95 Å². The number of piperazine rings is 1. The smallest absolute Gasteiger partial charge is 0.229 e. The van der Waals surface area contributed by atoms with Crippen LogP contribution in [0.15, 0.2) is 48.8 Å². The molecule has 5 rings (SSSR count). The number of imidazole rings is 1. The summed E-state index contributed by atoms with van der Waals surface area (Å²) in [5, 5.41) is 10.2. The first-order valence-electron chi connectivity index (χ1n) is 10.1. The predicted molar refractivity (Wildman–Crippen MR) is 123 cm³/mol. The van der Waals surface area contributed by atoms with Gasteiger partial charge < -0.3 is 20.6 Å². The number of aryl methyl sites for hydroxylation is 1. The first kappa shape index (κ1) is 19.4. The summed E-state index contributed by atoms with van der Waals surface area (Å²) in [4.78, 5) is 18.2. The number of benzene rings is 2. The highest BCUT2D eigenvalue weighted by atomic mass is 35.5. The first-order valence-corrected chi connectivity index (χ1v) is 10.4. The van der Waals surface area contributed by atoms with Crippen molar-refractivity contribution in [1.29, 1.82) is 0 Å². The van der Waals surface area contributed by atoms with Crippen molar-refractivity contribution < 1.29 is 5.11 Å². The Kier molecular flexibility index (Phi) is 4.78. The van der Waals surface area contributed by atoms with Gasteiger partial charge in [-0.15, -0.1) is 0 Å². The molecule has 1 fully saturated rings. The lowest BCUT2D eigenvalue weighted by atomic mass is 10.2. The number of hydrogen-bond donors (Lipinski definition) is 2. The molecule has 0 unspecified atom stereocenters. The normalized spacial score (nSPS) is 14.4. The number of fused-ring (bicyclic) bond motifs is 1. The third kappa shape index (κ3) is 3.59. The Bertz CT molecular complexity index is 1250. The Balaban J connectivity index is 1.44. The predicted octanol–water partition coefficient (Wildman–Crippen LogP) is 3.39. The lowest BCUT2D eigenvalue weighted by Crippen LogP contribution is -2.47. The molecule has 3 N–H and O–H groups in total. The number of anilines is 3. The van der Waals surface area contributed by atoms with Crippen LogP contribution < -0.4 is 15.5 Å². The molecule has 1 saturated heterocycles. The summed E-state index contributed by atoms with van der Waals surface area (Å²) < 4.78 is 1.93. The van der Waals surface area contributed by atoms with E-state index in [-0.39, 0.29) is 5.75 Å². The van der Waals surface area contributed by atoms with E-state index in [1.54, 1.807) is 18.5 Å². The first-order chi connectivity index (χ1) is 15.0. The second-order valence-electron chi connectivity index (χ2n) is 7.62. The van der Waals surface area contributed by atoms with Crippen LogP contribution in [0, 0.1) is 6.92 Å². The molecule has 8 nitrogen and oxygen atoms in total. The van der Waals surface area contributed by atoms with Crippen LogP contribution in [0.25, 0.3) is 16.9 Å². The van der Waals surface area contributed by atoms with Gasteiger partial charge in [0.25, 0.3) is 0 Å². The minimum absolute atomic E-state index is 0.270. The largest absolute Gasteiger partial charge is 0.508 e. The highest BCUT2D eigenvalue weighted by Crippen LogP contribution is 2.27. The number of aromatic nitrogens is 4. The summed E-state index contributed by atoms with van der Waals surface area (Å²) in [7, 11) is 0. The van der Waals surface area contributed by atoms with Crippen LogP contribution in [0.4, 0.5) is 17.5 Å². The second kappa shape index (κ2) is 7.63. The van der Waals surface area contributed by atoms with Crippen LogP contribution in [0.5, 0.6) is 5.75 Å². The van der Waals surface area contributed by atoms with Gasteiger partial charge in [-0.05, 0) is 55.0 Å². The number of nitrogens with two attached hydrogens (primary N) is 1. The van der Waals surface area contributed by atoms with Crippen LogP contribution in [0.2, 0.25) is 5.02 Å². The molecule has 0 radical (unpaired) electrons. The molecule has 0 amide bonds. The second-order valence-corrected chi connectivity index (χ2v) is 8.05. The number of rotatable bonds is 3. The van der Waals surface area contributed by atoms with E-state index in [1.165, 1.54) is 0 Å². The molecule has 4 aromatic rings. The molecule has 9 heteroatoms. The SMILES string of the molecule is Cc1cc(Cl)ccc1-n1cnc2c(N)nc(N3CCN(c4ccc(O)cc4)CC3)nc21. The van der Waals surface area contributed by atoms with Gasteiger partial charge >= 0.3 is 0 Å². The average Bonchev–Trinajstić information content (AvgIpc) is 3.19. The van der Waals surface area contributed by atoms with Crippen molar-refractivity contribution in [3.63, 3.8) is 0 Å². The van der Waals surface area contributed by atoms with Crippen LogP contribution in [0.1, 0.15) is 5.56 Å². The zero-order valence-corrected chi connectivity index (χ0v) is 17.8. The van der Waals surface area contributed by atoms with Gasteiger partial charge in [-0.25, -0.2) is 4.98 Å². The lowest BCUT2D eigenvalue weighted by Gasteiger charge is -2.36. The van der Waals surface area contributed by atoms with Crippen LogP contribution in [-0.2, 0) is 0 Å². The van der Waals surface area contributed by atoms with E-state index in [1.807, 2.05) is 41.8 Å². The van der Waals surface area contributed by atoms with E-state index in [2.05, 4.69) is 19.8 Å². The summed E-state index contributed by atoms with van der Waals surface area (Å²) >= 11 is 6.12. The Morgan fingerprint density at radius 1 is 0.968 bits per heavy atom. The molecular formula is C22H22ClN7O. The van der Waals surface area contributed by atoms with E-state index < -0.39 is 0 Å². The zero-order chi connectivity index (χ0) is 21.5.